The first-order valence-corrected chi connectivity index (χ1v) is 4.33. The average Bonchev–Trinajstić information content (AvgIpc) is 1.77. The second-order valence-electron chi connectivity index (χ2n) is 1.15. The van der Waals surface area contributed by atoms with Gasteiger partial charge in [-0.1, -0.05) is 11.6 Å². The molecule has 2 nitrogen and oxygen atoms in total. The van der Waals surface area contributed by atoms with Gasteiger partial charge in [-0.15, -0.1) is 0 Å². The topological polar surface area (TPSA) is 32.6 Å². The molecule has 4 heteroatoms. The van der Waals surface area contributed by atoms with E-state index in [4.69, 9.17) is 16.7 Å². The van der Waals surface area contributed by atoms with Crippen LogP contribution in [0.5, 0.6) is 0 Å². The van der Waals surface area contributed by atoms with Gasteiger partial charge in [-0.2, -0.15) is 0 Å². The fourth-order valence-electron chi connectivity index (χ4n) is 0.278. The van der Waals surface area contributed by atoms with E-state index >= 15 is 0 Å². The Morgan fingerprint density at radius 2 is 2.38 bits per heavy atom. The fraction of sp³-hybridized carbons (Fsp3) is 0. The summed E-state index contributed by atoms with van der Waals surface area (Å²) in [4.78, 5) is 0. The van der Waals surface area contributed by atoms with Crippen molar-refractivity contribution in [3.05, 3.63) is 21.1 Å². The molecule has 0 spiro atoms. The number of nitrogens with zero attached hydrogens (tertiary/aromatic N) is 1. The molecular formula is C4H3ClINO. The van der Waals surface area contributed by atoms with E-state index in [1.54, 1.807) is 12.2 Å². The Morgan fingerprint density at radius 1 is 1.62 bits per heavy atom. The van der Waals surface area contributed by atoms with Gasteiger partial charge in [0.15, 0.2) is 3.77 Å². The Kier molecular flexibility index (Phi) is 2.01. The molecule has 0 amide bonds. The summed E-state index contributed by atoms with van der Waals surface area (Å²) in [6.45, 7) is 0. The summed E-state index contributed by atoms with van der Waals surface area (Å²) in [5.41, 5.74) is 0. The summed E-state index contributed by atoms with van der Waals surface area (Å²) in [5.74, 6) is 0. The van der Waals surface area contributed by atoms with Crippen LogP contribution in [0.4, 0.5) is 0 Å². The zero-order chi connectivity index (χ0) is 5.98. The van der Waals surface area contributed by atoms with Crippen molar-refractivity contribution in [2.75, 3.05) is 0 Å². The van der Waals surface area contributed by atoms with Crippen molar-refractivity contribution in [1.82, 2.24) is 0 Å². The van der Waals surface area contributed by atoms with Crippen molar-refractivity contribution in [3.63, 3.8) is 0 Å². The van der Waals surface area contributed by atoms with E-state index < -0.39 is 21.0 Å². The van der Waals surface area contributed by atoms with Crippen LogP contribution in [0.25, 0.3) is 0 Å². The normalized spacial score (nSPS) is 18.6. The molecule has 0 aliphatic carbocycles. The Balaban J connectivity index is 2.86. The number of allylic oxidation sites excluding steroid dienone is 2. The Hall–Kier alpha value is 0.1000. The van der Waals surface area contributed by atoms with E-state index in [-0.39, 0.29) is 0 Å². The lowest BCUT2D eigenvalue weighted by atomic mass is 10.6. The maximum Gasteiger partial charge on any atom is 0.166 e. The van der Waals surface area contributed by atoms with Crippen molar-refractivity contribution in [2.45, 2.75) is 0 Å². The zero-order valence-electron chi connectivity index (χ0n) is 3.81. The largest absolute Gasteiger partial charge is 0.502 e. The predicted molar refractivity (Wildman–Crippen MR) is 41.1 cm³/mol. The van der Waals surface area contributed by atoms with Crippen LogP contribution < -0.4 is 0 Å². The third kappa shape index (κ3) is 1.56. The van der Waals surface area contributed by atoms with Crippen molar-refractivity contribution in [3.8, 4) is 0 Å². The quantitative estimate of drug-likeness (QED) is 0.515. The molecule has 0 aromatic carbocycles. The second-order valence-corrected chi connectivity index (χ2v) is 3.61. The molecule has 1 aliphatic heterocycles. The standard InChI is InChI=1S/C4H3ClINO/c5-3-1-2-4(8)6-7-3/h1-2,8H. The van der Waals surface area contributed by atoms with Gasteiger partial charge in [0.2, 0.25) is 0 Å². The van der Waals surface area contributed by atoms with Crippen molar-refractivity contribution in [2.24, 2.45) is 3.15 Å². The molecule has 1 N–H and O–H groups in total. The maximum atomic E-state index is 8.74. The summed E-state index contributed by atoms with van der Waals surface area (Å²) in [6, 6.07) is 0. The first-order chi connectivity index (χ1) is 3.79. The number of halogens is 2. The summed E-state index contributed by atoms with van der Waals surface area (Å²) in [7, 11) is 0. The van der Waals surface area contributed by atoms with E-state index in [9.17, 15) is 0 Å². The number of hydrogen-bond donors (Lipinski definition) is 1. The minimum absolute atomic E-state index is 0.369. The molecule has 0 unspecified atom stereocenters. The van der Waals surface area contributed by atoms with Crippen LogP contribution in [0, 0.1) is 0 Å². The fourth-order valence-corrected chi connectivity index (χ4v) is 1.53. The molecule has 0 aromatic heterocycles. The molecule has 0 radical (unpaired) electrons. The number of rotatable bonds is 0. The monoisotopic (exact) mass is 243 g/mol. The first kappa shape index (κ1) is 6.22. The van der Waals surface area contributed by atoms with Crippen molar-refractivity contribution < 1.29 is 5.11 Å². The van der Waals surface area contributed by atoms with Crippen molar-refractivity contribution >= 4 is 32.6 Å². The molecule has 0 fully saturated rings. The summed E-state index contributed by atoms with van der Waals surface area (Å²) in [6.07, 6.45) is 3.17. The van der Waals surface area contributed by atoms with Gasteiger partial charge in [0.1, 0.15) is 5.16 Å². The van der Waals surface area contributed by atoms with Crippen LogP contribution in [0.3, 0.4) is 0 Å². The van der Waals surface area contributed by atoms with Crippen LogP contribution in [-0.2, 0) is 0 Å². The smallest absolute Gasteiger partial charge is 0.166 e. The molecule has 0 bridgehead atoms. The van der Waals surface area contributed by atoms with Gasteiger partial charge in [0.05, 0.1) is 21.0 Å². The molecule has 0 saturated heterocycles. The van der Waals surface area contributed by atoms with Crippen LogP contribution >= 0.6 is 32.6 Å². The first-order valence-electron chi connectivity index (χ1n) is 1.90. The number of hydrogen-bond acceptors (Lipinski definition) is 2. The van der Waals surface area contributed by atoms with Crippen LogP contribution in [0.15, 0.2) is 24.2 Å². The highest BCUT2D eigenvalue weighted by Crippen LogP contribution is 2.23. The zero-order valence-corrected chi connectivity index (χ0v) is 6.72. The Labute approximate surface area is 62.0 Å². The molecule has 1 rings (SSSR count). The van der Waals surface area contributed by atoms with E-state index in [1.165, 1.54) is 0 Å². The molecule has 1 aliphatic rings. The predicted octanol–water partition coefficient (Wildman–Crippen LogP) is 2.63. The summed E-state index contributed by atoms with van der Waals surface area (Å²) < 4.78 is 4.20. The highest BCUT2D eigenvalue weighted by molar-refractivity contribution is 14.2. The Morgan fingerprint density at radius 3 is 2.75 bits per heavy atom. The average molecular weight is 243 g/mol. The molecule has 0 aromatic rings. The van der Waals surface area contributed by atoms with Gasteiger partial charge in [-0.3, -0.25) is 0 Å². The van der Waals surface area contributed by atoms with Gasteiger partial charge in [-0.25, -0.2) is 3.15 Å². The van der Waals surface area contributed by atoms with E-state index in [2.05, 4.69) is 3.15 Å². The lowest BCUT2D eigenvalue weighted by molar-refractivity contribution is 0.465. The molecule has 8 heavy (non-hydrogen) atoms. The van der Waals surface area contributed by atoms with Crippen LogP contribution in [0.2, 0.25) is 0 Å². The highest BCUT2D eigenvalue weighted by atomic mass is 127. The minimum Gasteiger partial charge on any atom is -0.502 e. The SMILES string of the molecule is OC1=CC=C(Cl)N=I1. The lowest BCUT2D eigenvalue weighted by Crippen LogP contribution is -1.69. The van der Waals surface area contributed by atoms with Crippen LogP contribution in [-0.4, -0.2) is 5.11 Å². The molecule has 1 heterocycles. The second kappa shape index (κ2) is 2.59. The van der Waals surface area contributed by atoms with Gasteiger partial charge < -0.3 is 5.11 Å². The molecular weight excluding hydrogens is 240 g/mol. The maximum absolute atomic E-state index is 8.74. The highest BCUT2D eigenvalue weighted by Gasteiger charge is 1.93. The molecule has 44 valence electrons. The van der Waals surface area contributed by atoms with E-state index in [0.717, 1.165) is 0 Å². The van der Waals surface area contributed by atoms with E-state index in [1.807, 2.05) is 0 Å². The minimum atomic E-state index is -0.547. The number of aliphatic hydroxyl groups excluding tert-OH is 1. The van der Waals surface area contributed by atoms with E-state index in [0.29, 0.717) is 8.92 Å². The number of aliphatic hydroxyl groups is 1. The van der Waals surface area contributed by atoms with Gasteiger partial charge in [-0.05, 0) is 12.2 Å². The molecule has 0 saturated carbocycles. The Bertz CT molecular complexity index is 164. The third-order valence-corrected chi connectivity index (χ3v) is 2.68. The van der Waals surface area contributed by atoms with Gasteiger partial charge >= 0.3 is 0 Å². The van der Waals surface area contributed by atoms with Gasteiger partial charge in [0, 0.05) is 0 Å². The summed E-state index contributed by atoms with van der Waals surface area (Å²) >= 11 is 4.90. The van der Waals surface area contributed by atoms with Crippen LogP contribution in [0.1, 0.15) is 0 Å². The summed E-state index contributed by atoms with van der Waals surface area (Å²) in [5, 5.41) is 9.24. The third-order valence-electron chi connectivity index (χ3n) is 0.568. The molecule has 0 atom stereocenters. The lowest BCUT2D eigenvalue weighted by Gasteiger charge is -1.91. The van der Waals surface area contributed by atoms with Crippen molar-refractivity contribution in [1.29, 1.82) is 0 Å². The van der Waals surface area contributed by atoms with Gasteiger partial charge in [0.25, 0.3) is 0 Å².